The molecule has 0 N–H and O–H groups in total. The zero-order valence-corrected chi connectivity index (χ0v) is 11.0. The maximum absolute atomic E-state index is 11.5. The lowest BCUT2D eigenvalue weighted by Crippen LogP contribution is -2.54. The van der Waals surface area contributed by atoms with E-state index in [2.05, 4.69) is 20.9 Å². The minimum atomic E-state index is -0.317. The molecule has 2 rings (SSSR count). The molecule has 2 unspecified atom stereocenters. The minimum Gasteiger partial charge on any atom is -0.487 e. The highest BCUT2D eigenvalue weighted by Gasteiger charge is 2.51. The molecular formula is C12H14BrNO2. The van der Waals surface area contributed by atoms with Crippen LogP contribution in [-0.2, 0) is 4.79 Å². The second kappa shape index (κ2) is 4.17. The van der Waals surface area contributed by atoms with Gasteiger partial charge in [0.2, 0.25) is 0 Å². The monoisotopic (exact) mass is 283 g/mol. The molecular weight excluding hydrogens is 270 g/mol. The average molecular weight is 284 g/mol. The number of Topliss-reactive ketones (excluding diaryl/α,β-unsaturated/α-hetero) is 1. The molecule has 1 heterocycles. The quantitative estimate of drug-likeness (QED) is 0.856. The van der Waals surface area contributed by atoms with E-state index in [1.54, 1.807) is 12.4 Å². The van der Waals surface area contributed by atoms with Crippen molar-refractivity contribution in [2.75, 3.05) is 0 Å². The lowest BCUT2D eigenvalue weighted by Gasteiger charge is -2.44. The predicted molar refractivity (Wildman–Crippen MR) is 64.4 cm³/mol. The number of nitrogens with zero attached hydrogens (tertiary/aromatic N) is 1. The van der Waals surface area contributed by atoms with Gasteiger partial charge in [0, 0.05) is 17.1 Å². The summed E-state index contributed by atoms with van der Waals surface area (Å²) in [5.74, 6) is 1.01. The molecule has 0 radical (unpaired) electrons. The van der Waals surface area contributed by atoms with Crippen LogP contribution >= 0.6 is 15.9 Å². The Bertz CT molecular complexity index is 421. The average Bonchev–Trinajstić information content (AvgIpc) is 2.27. The van der Waals surface area contributed by atoms with Gasteiger partial charge in [-0.05, 0) is 35.3 Å². The molecule has 3 nitrogen and oxygen atoms in total. The number of ether oxygens (including phenoxy) is 1. The fourth-order valence-corrected chi connectivity index (χ4v) is 2.24. The molecule has 2 atom stereocenters. The topological polar surface area (TPSA) is 39.2 Å². The van der Waals surface area contributed by atoms with Crippen LogP contribution in [0.5, 0.6) is 5.75 Å². The van der Waals surface area contributed by atoms with Crippen LogP contribution in [-0.4, -0.2) is 16.9 Å². The number of halogens is 1. The molecule has 1 saturated carbocycles. The Balaban J connectivity index is 2.09. The molecule has 0 bridgehead atoms. The summed E-state index contributed by atoms with van der Waals surface area (Å²) in [6, 6.07) is 1.87. The lowest BCUT2D eigenvalue weighted by atomic mass is 9.64. The van der Waals surface area contributed by atoms with Crippen molar-refractivity contribution < 1.29 is 9.53 Å². The SMILES string of the molecule is CCC1(C)C(=O)CC1Oc1cncc(Br)c1. The number of aromatic nitrogens is 1. The van der Waals surface area contributed by atoms with Crippen LogP contribution in [0.3, 0.4) is 0 Å². The van der Waals surface area contributed by atoms with Gasteiger partial charge in [-0.15, -0.1) is 0 Å². The summed E-state index contributed by atoms with van der Waals surface area (Å²) >= 11 is 3.34. The highest BCUT2D eigenvalue weighted by Crippen LogP contribution is 2.42. The highest BCUT2D eigenvalue weighted by atomic mass is 79.9. The van der Waals surface area contributed by atoms with Crippen molar-refractivity contribution in [1.29, 1.82) is 0 Å². The third-order valence-electron chi connectivity index (χ3n) is 3.41. The number of pyridine rings is 1. The molecule has 0 saturated heterocycles. The third kappa shape index (κ3) is 1.86. The Morgan fingerprint density at radius 1 is 1.62 bits per heavy atom. The van der Waals surface area contributed by atoms with Gasteiger partial charge in [-0.2, -0.15) is 0 Å². The highest BCUT2D eigenvalue weighted by molar-refractivity contribution is 9.10. The van der Waals surface area contributed by atoms with Gasteiger partial charge in [-0.25, -0.2) is 0 Å². The number of carbonyl (C=O) groups excluding carboxylic acids is 1. The summed E-state index contributed by atoms with van der Waals surface area (Å²) in [5.41, 5.74) is -0.317. The first kappa shape index (κ1) is 11.6. The van der Waals surface area contributed by atoms with E-state index in [9.17, 15) is 4.79 Å². The standard InChI is InChI=1S/C12H14BrNO2/c1-3-12(2)10(15)5-11(12)16-9-4-8(13)6-14-7-9/h4,6-7,11H,3,5H2,1-2H3. The molecule has 0 spiro atoms. The van der Waals surface area contributed by atoms with Crippen LogP contribution in [0, 0.1) is 5.41 Å². The first-order chi connectivity index (χ1) is 7.56. The van der Waals surface area contributed by atoms with Crippen LogP contribution in [0.1, 0.15) is 26.7 Å². The van der Waals surface area contributed by atoms with E-state index < -0.39 is 0 Å². The largest absolute Gasteiger partial charge is 0.487 e. The smallest absolute Gasteiger partial charge is 0.146 e. The van der Waals surface area contributed by atoms with Gasteiger partial charge < -0.3 is 4.74 Å². The van der Waals surface area contributed by atoms with Gasteiger partial charge in [0.15, 0.2) is 0 Å². The van der Waals surface area contributed by atoms with E-state index in [0.29, 0.717) is 18.0 Å². The Morgan fingerprint density at radius 2 is 2.38 bits per heavy atom. The summed E-state index contributed by atoms with van der Waals surface area (Å²) in [4.78, 5) is 15.6. The van der Waals surface area contributed by atoms with Crippen molar-refractivity contribution in [2.24, 2.45) is 5.41 Å². The van der Waals surface area contributed by atoms with Crippen molar-refractivity contribution in [3.05, 3.63) is 22.9 Å². The summed E-state index contributed by atoms with van der Waals surface area (Å²) in [7, 11) is 0. The fraction of sp³-hybridized carbons (Fsp3) is 0.500. The molecule has 86 valence electrons. The Kier molecular flexibility index (Phi) is 3.02. The van der Waals surface area contributed by atoms with Crippen molar-refractivity contribution in [1.82, 2.24) is 4.98 Å². The van der Waals surface area contributed by atoms with Gasteiger partial charge in [0.05, 0.1) is 11.6 Å². The van der Waals surface area contributed by atoms with Crippen molar-refractivity contribution >= 4 is 21.7 Å². The maximum atomic E-state index is 11.5. The second-order valence-corrected chi connectivity index (χ2v) is 5.26. The molecule has 4 heteroatoms. The lowest BCUT2D eigenvalue weighted by molar-refractivity contribution is -0.150. The molecule has 0 aliphatic heterocycles. The van der Waals surface area contributed by atoms with Crippen molar-refractivity contribution in [2.45, 2.75) is 32.8 Å². The summed E-state index contributed by atoms with van der Waals surface area (Å²) in [5, 5.41) is 0. The van der Waals surface area contributed by atoms with Gasteiger partial charge >= 0.3 is 0 Å². The van der Waals surface area contributed by atoms with E-state index in [1.165, 1.54) is 0 Å². The number of hydrogen-bond acceptors (Lipinski definition) is 3. The summed E-state index contributed by atoms with van der Waals surface area (Å²) in [6.07, 6.45) is 4.69. The predicted octanol–water partition coefficient (Wildman–Crippen LogP) is 2.98. The molecule has 1 fully saturated rings. The van der Waals surface area contributed by atoms with Gasteiger partial charge in [0.25, 0.3) is 0 Å². The van der Waals surface area contributed by atoms with Crippen LogP contribution in [0.25, 0.3) is 0 Å². The Hall–Kier alpha value is -0.900. The molecule has 1 aromatic heterocycles. The van der Waals surface area contributed by atoms with Crippen LogP contribution in [0.2, 0.25) is 0 Å². The third-order valence-corrected chi connectivity index (χ3v) is 3.84. The number of ketones is 1. The fourth-order valence-electron chi connectivity index (χ4n) is 1.89. The molecule has 1 aliphatic carbocycles. The van der Waals surface area contributed by atoms with E-state index in [4.69, 9.17) is 4.74 Å². The molecule has 16 heavy (non-hydrogen) atoms. The van der Waals surface area contributed by atoms with Crippen LogP contribution in [0.15, 0.2) is 22.9 Å². The van der Waals surface area contributed by atoms with E-state index in [0.717, 1.165) is 10.9 Å². The van der Waals surface area contributed by atoms with E-state index in [-0.39, 0.29) is 11.5 Å². The Labute approximate surface area is 103 Å². The summed E-state index contributed by atoms with van der Waals surface area (Å²) in [6.45, 7) is 3.99. The van der Waals surface area contributed by atoms with Crippen molar-refractivity contribution in [3.8, 4) is 5.75 Å². The maximum Gasteiger partial charge on any atom is 0.146 e. The molecule has 0 aromatic carbocycles. The second-order valence-electron chi connectivity index (χ2n) is 4.34. The van der Waals surface area contributed by atoms with E-state index in [1.807, 2.05) is 19.9 Å². The van der Waals surface area contributed by atoms with Gasteiger partial charge in [-0.1, -0.05) is 6.92 Å². The number of hydrogen-bond donors (Lipinski definition) is 0. The number of rotatable bonds is 3. The molecule has 1 aliphatic rings. The number of carbonyl (C=O) groups is 1. The first-order valence-electron chi connectivity index (χ1n) is 5.37. The van der Waals surface area contributed by atoms with E-state index >= 15 is 0 Å². The molecule has 0 amide bonds. The van der Waals surface area contributed by atoms with Gasteiger partial charge in [0.1, 0.15) is 17.6 Å². The van der Waals surface area contributed by atoms with Crippen LogP contribution in [0.4, 0.5) is 0 Å². The van der Waals surface area contributed by atoms with Crippen molar-refractivity contribution in [3.63, 3.8) is 0 Å². The zero-order chi connectivity index (χ0) is 11.8. The first-order valence-corrected chi connectivity index (χ1v) is 6.16. The molecule has 1 aromatic rings. The zero-order valence-electron chi connectivity index (χ0n) is 9.37. The Morgan fingerprint density at radius 3 is 2.94 bits per heavy atom. The van der Waals surface area contributed by atoms with Crippen LogP contribution < -0.4 is 4.74 Å². The normalized spacial score (nSPS) is 28.7. The summed E-state index contributed by atoms with van der Waals surface area (Å²) < 4.78 is 6.68. The van der Waals surface area contributed by atoms with Gasteiger partial charge in [-0.3, -0.25) is 9.78 Å². The minimum absolute atomic E-state index is 0.0129.